The Kier molecular flexibility index (Phi) is 5.62. The molecule has 12 rings (SSSR count). The van der Waals surface area contributed by atoms with Crippen LogP contribution in [0.15, 0.2) is 158 Å². The van der Waals surface area contributed by atoms with Gasteiger partial charge in [0.1, 0.15) is 0 Å². The maximum Gasteiger partial charge on any atom is 0.253 e. The molecule has 0 bridgehead atoms. The number of nitrogens with zero attached hydrogens (tertiary/aromatic N) is 2. The smallest absolute Gasteiger partial charge is 0.253 e. The van der Waals surface area contributed by atoms with Gasteiger partial charge in [-0.2, -0.15) is 0 Å². The zero-order chi connectivity index (χ0) is 35.2. The van der Waals surface area contributed by atoms with Crippen LogP contribution in [0.25, 0.3) is 88.0 Å². The summed E-state index contributed by atoms with van der Waals surface area (Å²) in [5.74, 6) is 0. The predicted molar refractivity (Wildman–Crippen MR) is 227 cm³/mol. The number of hydrogen-bond donors (Lipinski definition) is 0. The molecule has 2 aromatic heterocycles. The van der Waals surface area contributed by atoms with E-state index in [0.717, 1.165) is 0 Å². The molecule has 0 saturated carbocycles. The molecular weight excluding hydrogens is 639 g/mol. The Morgan fingerprint density at radius 2 is 1.08 bits per heavy atom. The van der Waals surface area contributed by atoms with Gasteiger partial charge in [-0.25, -0.2) is 0 Å². The van der Waals surface area contributed by atoms with Crippen LogP contribution in [0.2, 0.25) is 0 Å². The van der Waals surface area contributed by atoms with E-state index in [1.165, 1.54) is 110 Å². The lowest BCUT2D eigenvalue weighted by atomic mass is 9.33. The lowest BCUT2D eigenvalue weighted by Crippen LogP contribution is -2.59. The van der Waals surface area contributed by atoms with Crippen molar-refractivity contribution in [2.75, 3.05) is 0 Å². The molecule has 0 N–H and O–H groups in total. The van der Waals surface area contributed by atoms with Crippen molar-refractivity contribution in [1.29, 1.82) is 0 Å². The van der Waals surface area contributed by atoms with Crippen molar-refractivity contribution in [2.24, 2.45) is 0 Å². The molecule has 2 aliphatic heterocycles. The monoisotopic (exact) mass is 674 g/mol. The first-order valence-corrected chi connectivity index (χ1v) is 18.8. The molecule has 0 unspecified atom stereocenters. The van der Waals surface area contributed by atoms with Gasteiger partial charge in [-0.05, 0) is 96.4 Å². The molecule has 0 atom stereocenters. The Balaban J connectivity index is 1.35. The molecule has 10 aromatic rings. The summed E-state index contributed by atoms with van der Waals surface area (Å²) < 4.78 is 5.23. The second-order valence-electron chi connectivity index (χ2n) is 16.1. The summed E-state index contributed by atoms with van der Waals surface area (Å²) in [7, 11) is 0. The normalized spacial score (nSPS) is 13.2. The van der Waals surface area contributed by atoms with Crippen molar-refractivity contribution in [3.8, 4) is 33.8 Å². The first-order chi connectivity index (χ1) is 26.0. The van der Waals surface area contributed by atoms with Gasteiger partial charge < -0.3 is 9.13 Å². The van der Waals surface area contributed by atoms with Gasteiger partial charge in [0.15, 0.2) is 0 Å². The molecular formula is C50H35BN2. The van der Waals surface area contributed by atoms with Crippen LogP contribution in [0.4, 0.5) is 0 Å². The first kappa shape index (κ1) is 29.3. The van der Waals surface area contributed by atoms with Crippen molar-refractivity contribution in [2.45, 2.75) is 26.2 Å². The summed E-state index contributed by atoms with van der Waals surface area (Å²) in [6.07, 6.45) is 0. The van der Waals surface area contributed by atoms with Crippen LogP contribution >= 0.6 is 0 Å². The largest absolute Gasteiger partial charge is 0.310 e. The van der Waals surface area contributed by atoms with Crippen molar-refractivity contribution >= 4 is 77.4 Å². The van der Waals surface area contributed by atoms with E-state index in [0.29, 0.717) is 0 Å². The van der Waals surface area contributed by atoms with Gasteiger partial charge in [0.05, 0.1) is 16.7 Å². The van der Waals surface area contributed by atoms with Crippen LogP contribution in [0.5, 0.6) is 0 Å². The fourth-order valence-electron chi connectivity index (χ4n) is 9.89. The fraction of sp³-hybridized carbons (Fsp3) is 0.0800. The summed E-state index contributed by atoms with van der Waals surface area (Å²) in [5, 5.41) is 9.13. The maximum atomic E-state index is 2.63. The van der Waals surface area contributed by atoms with E-state index in [4.69, 9.17) is 0 Å². The highest BCUT2D eigenvalue weighted by Crippen LogP contribution is 2.46. The molecule has 3 heteroatoms. The highest BCUT2D eigenvalue weighted by Gasteiger charge is 2.43. The molecule has 4 heterocycles. The van der Waals surface area contributed by atoms with Crippen molar-refractivity contribution in [3.05, 3.63) is 163 Å². The van der Waals surface area contributed by atoms with Gasteiger partial charge in [-0.1, -0.05) is 142 Å². The van der Waals surface area contributed by atoms with Crippen LogP contribution in [0.1, 0.15) is 26.3 Å². The number of benzene rings is 8. The number of rotatable bonds is 2. The van der Waals surface area contributed by atoms with Gasteiger partial charge in [-0.15, -0.1) is 0 Å². The number of fused-ring (bicyclic) bond motifs is 10. The van der Waals surface area contributed by atoms with Crippen LogP contribution in [0, 0.1) is 0 Å². The second-order valence-corrected chi connectivity index (χ2v) is 16.1. The highest BCUT2D eigenvalue weighted by molar-refractivity contribution is 7.01. The minimum Gasteiger partial charge on any atom is -0.310 e. The Morgan fingerprint density at radius 3 is 1.81 bits per heavy atom. The van der Waals surface area contributed by atoms with E-state index in [2.05, 4.69) is 188 Å². The molecule has 0 aliphatic carbocycles. The molecule has 0 spiro atoms. The third-order valence-electron chi connectivity index (χ3n) is 12.2. The molecule has 53 heavy (non-hydrogen) atoms. The van der Waals surface area contributed by atoms with Crippen LogP contribution in [-0.4, -0.2) is 15.8 Å². The summed E-state index contributed by atoms with van der Waals surface area (Å²) in [6.45, 7) is 7.13. The van der Waals surface area contributed by atoms with Gasteiger partial charge in [0.2, 0.25) is 0 Å². The lowest BCUT2D eigenvalue weighted by molar-refractivity contribution is 0.591. The number of hydrogen-bond acceptors (Lipinski definition) is 0. The number of aromatic nitrogens is 2. The first-order valence-electron chi connectivity index (χ1n) is 18.8. The zero-order valence-electron chi connectivity index (χ0n) is 30.0. The molecule has 248 valence electrons. The zero-order valence-corrected chi connectivity index (χ0v) is 30.0. The Morgan fingerprint density at radius 1 is 0.453 bits per heavy atom. The van der Waals surface area contributed by atoms with Crippen molar-refractivity contribution < 1.29 is 0 Å². The van der Waals surface area contributed by atoms with Gasteiger partial charge >= 0.3 is 0 Å². The molecule has 0 amide bonds. The van der Waals surface area contributed by atoms with E-state index in [-0.39, 0.29) is 12.1 Å². The average molecular weight is 675 g/mol. The lowest BCUT2D eigenvalue weighted by Gasteiger charge is -2.35. The topological polar surface area (TPSA) is 9.86 Å². The van der Waals surface area contributed by atoms with E-state index >= 15 is 0 Å². The molecule has 2 aliphatic rings. The average Bonchev–Trinajstić information content (AvgIpc) is 3.70. The third-order valence-corrected chi connectivity index (χ3v) is 12.2. The molecule has 8 aromatic carbocycles. The van der Waals surface area contributed by atoms with Gasteiger partial charge in [0.25, 0.3) is 6.71 Å². The predicted octanol–water partition coefficient (Wildman–Crippen LogP) is 10.8. The van der Waals surface area contributed by atoms with E-state index in [1.54, 1.807) is 0 Å². The van der Waals surface area contributed by atoms with Gasteiger partial charge in [0, 0.05) is 38.6 Å². The third kappa shape index (κ3) is 3.79. The fourth-order valence-corrected chi connectivity index (χ4v) is 9.89. The summed E-state index contributed by atoms with van der Waals surface area (Å²) >= 11 is 0. The van der Waals surface area contributed by atoms with E-state index < -0.39 is 0 Å². The molecule has 0 radical (unpaired) electrons. The maximum absolute atomic E-state index is 2.63. The van der Waals surface area contributed by atoms with Crippen molar-refractivity contribution in [1.82, 2.24) is 9.13 Å². The summed E-state index contributed by atoms with van der Waals surface area (Å²) in [6, 6.07) is 59.4. The molecule has 0 saturated heterocycles. The Hall–Kier alpha value is -6.32. The highest BCUT2D eigenvalue weighted by atomic mass is 15.0. The molecule has 2 nitrogen and oxygen atoms in total. The van der Waals surface area contributed by atoms with Crippen LogP contribution in [-0.2, 0) is 5.41 Å². The summed E-state index contributed by atoms with van der Waals surface area (Å²) in [5.41, 5.74) is 17.0. The Labute approximate surface area is 308 Å². The standard InChI is InChI=1S/C50H35BN2/c1-50(2,3)35-28-38-37-25-32-19-10-11-20-33(32)27-43(37)52-41-23-14-24-42-46(41)51(40(29-35)48(38)52)45-36-22-13-12-21-34(36)26-39-44(30-15-6-4-7-16-30)47(53(42)49(39)45)31-17-8-5-9-18-31/h4-29H,1-3H3. The quantitative estimate of drug-likeness (QED) is 0.162. The van der Waals surface area contributed by atoms with Crippen molar-refractivity contribution in [3.63, 3.8) is 0 Å². The Bertz CT molecular complexity index is 3190. The van der Waals surface area contributed by atoms with E-state index in [9.17, 15) is 0 Å². The minimum absolute atomic E-state index is 0.0281. The van der Waals surface area contributed by atoms with Crippen LogP contribution < -0.4 is 16.4 Å². The van der Waals surface area contributed by atoms with Crippen LogP contribution in [0.3, 0.4) is 0 Å². The SMILES string of the molecule is CC(C)(C)c1cc2c3c(c1)c1cc4ccccc4cc1n3-c1cccc3c1B2c1c2ccccc2cc2c(-c4ccccc4)c(-c4ccccc4)n-3c12. The second kappa shape index (κ2) is 10.2. The molecule has 0 fully saturated rings. The minimum atomic E-state index is -0.0281. The van der Waals surface area contributed by atoms with E-state index in [1.807, 2.05) is 0 Å². The summed E-state index contributed by atoms with van der Waals surface area (Å²) in [4.78, 5) is 0. The van der Waals surface area contributed by atoms with Gasteiger partial charge in [-0.3, -0.25) is 0 Å².